The lowest BCUT2D eigenvalue weighted by atomic mass is 10.0. The molecule has 2 heterocycles. The maximum atomic E-state index is 13.8. The third-order valence-electron chi connectivity index (χ3n) is 7.93. The van der Waals surface area contributed by atoms with Crippen LogP contribution in [0.25, 0.3) is 27.8 Å². The monoisotopic (exact) mass is 627 g/mol. The van der Waals surface area contributed by atoms with Crippen LogP contribution in [0.3, 0.4) is 0 Å². The van der Waals surface area contributed by atoms with Crippen molar-refractivity contribution in [3.63, 3.8) is 0 Å². The lowest BCUT2D eigenvalue weighted by molar-refractivity contribution is -0.142. The number of imidazole rings is 1. The van der Waals surface area contributed by atoms with Crippen LogP contribution in [-0.2, 0) is 36.2 Å². The molecule has 0 fully saturated rings. The summed E-state index contributed by atoms with van der Waals surface area (Å²) in [6.07, 6.45) is 2.04. The molecular formula is C39H37N3O5. The first kappa shape index (κ1) is 31.4. The Kier molecular flexibility index (Phi) is 9.77. The van der Waals surface area contributed by atoms with Crippen molar-refractivity contribution in [3.8, 4) is 28.6 Å². The van der Waals surface area contributed by atoms with E-state index >= 15 is 0 Å². The number of hydrogen-bond acceptors (Lipinski definition) is 6. The first-order valence-electron chi connectivity index (χ1n) is 15.8. The molecule has 0 radical (unpaired) electrons. The lowest BCUT2D eigenvalue weighted by Gasteiger charge is -2.14. The highest BCUT2D eigenvalue weighted by molar-refractivity contribution is 5.84. The second kappa shape index (κ2) is 14.6. The minimum absolute atomic E-state index is 0.207. The summed E-state index contributed by atoms with van der Waals surface area (Å²) in [5.74, 6) is 0.447. The molecule has 2 aromatic heterocycles. The summed E-state index contributed by atoms with van der Waals surface area (Å²) >= 11 is 0. The molecule has 0 unspecified atom stereocenters. The molecule has 6 aromatic rings. The van der Waals surface area contributed by atoms with Crippen LogP contribution in [0.5, 0.6) is 11.8 Å². The van der Waals surface area contributed by atoms with E-state index < -0.39 is 0 Å². The number of benzene rings is 4. The zero-order valence-corrected chi connectivity index (χ0v) is 26.6. The van der Waals surface area contributed by atoms with Gasteiger partial charge in [-0.3, -0.25) is 13.9 Å². The second-order valence-corrected chi connectivity index (χ2v) is 11.4. The van der Waals surface area contributed by atoms with Crippen LogP contribution in [0.1, 0.15) is 36.5 Å². The van der Waals surface area contributed by atoms with E-state index in [1.54, 1.807) is 22.2 Å². The molecule has 8 nitrogen and oxygen atoms in total. The Morgan fingerprint density at radius 3 is 2.13 bits per heavy atom. The maximum Gasteiger partial charge on any atom is 0.333 e. The van der Waals surface area contributed by atoms with Crippen LogP contribution in [0.15, 0.2) is 120 Å². The van der Waals surface area contributed by atoms with Gasteiger partial charge in [0.25, 0.3) is 0 Å². The minimum atomic E-state index is -0.235. The van der Waals surface area contributed by atoms with Gasteiger partial charge in [0, 0.05) is 13.1 Å². The molecule has 0 saturated carbocycles. The number of ether oxygens (including phenoxy) is 3. The van der Waals surface area contributed by atoms with Gasteiger partial charge in [-0.05, 0) is 52.4 Å². The Labute approximate surface area is 273 Å². The number of unbranched alkanes of at least 4 members (excludes halogenated alkanes) is 1. The lowest BCUT2D eigenvalue weighted by Crippen LogP contribution is -2.21. The zero-order chi connectivity index (χ0) is 32.6. The molecule has 8 heteroatoms. The highest BCUT2D eigenvalue weighted by Gasteiger charge is 2.19. The van der Waals surface area contributed by atoms with E-state index in [1.165, 1.54) is 0 Å². The van der Waals surface area contributed by atoms with Crippen molar-refractivity contribution in [2.45, 2.75) is 39.4 Å². The van der Waals surface area contributed by atoms with Gasteiger partial charge in [0.05, 0.1) is 24.1 Å². The first-order valence-corrected chi connectivity index (χ1v) is 15.8. The predicted molar refractivity (Wildman–Crippen MR) is 183 cm³/mol. The Bertz CT molecular complexity index is 2030. The van der Waals surface area contributed by atoms with E-state index in [2.05, 4.69) is 6.92 Å². The third kappa shape index (κ3) is 7.44. The predicted octanol–water partition coefficient (Wildman–Crippen LogP) is 7.44. The fraction of sp³-hybridized carbons (Fsp3) is 0.205. The van der Waals surface area contributed by atoms with E-state index in [0.29, 0.717) is 30.3 Å². The average molecular weight is 628 g/mol. The normalized spacial score (nSPS) is 11.0. The second-order valence-electron chi connectivity index (χ2n) is 11.4. The molecule has 0 aliphatic heterocycles. The molecule has 0 bridgehead atoms. The number of rotatable bonds is 13. The average Bonchev–Trinajstić information content (AvgIpc) is 3.35. The van der Waals surface area contributed by atoms with E-state index in [0.717, 1.165) is 46.2 Å². The zero-order valence-electron chi connectivity index (χ0n) is 26.6. The third-order valence-corrected chi connectivity index (χ3v) is 7.93. The number of pyridine rings is 1. The van der Waals surface area contributed by atoms with Gasteiger partial charge in [0.2, 0.25) is 11.8 Å². The van der Waals surface area contributed by atoms with Crippen LogP contribution in [0.2, 0.25) is 0 Å². The highest BCUT2D eigenvalue weighted by atomic mass is 16.5. The van der Waals surface area contributed by atoms with Crippen LogP contribution in [0.4, 0.5) is 0 Å². The fourth-order valence-corrected chi connectivity index (χ4v) is 5.39. The van der Waals surface area contributed by atoms with E-state index in [-0.39, 0.29) is 30.6 Å². The molecule has 0 saturated heterocycles. The molecular weight excluding hydrogens is 590 g/mol. The molecule has 0 atom stereocenters. The molecule has 0 spiro atoms. The number of esters is 1. The molecule has 0 N–H and O–H groups in total. The standard InChI is InChI=1S/C39H37N3O5/c1-3-4-22-45-37(43)24-30-16-11-17-31(23-30)32-18-19-33-35(25-32)41(2)39(44)42(33)34-20-21-36(46-26-28-12-7-5-8-13-28)40-38(34)47-27-29-14-9-6-10-15-29/h5-21,23,25H,3-4,22,24,26-27H2,1-2H3. The molecule has 0 amide bonds. The molecule has 47 heavy (non-hydrogen) atoms. The van der Waals surface area contributed by atoms with Gasteiger partial charge >= 0.3 is 11.7 Å². The van der Waals surface area contributed by atoms with Crippen molar-refractivity contribution in [2.24, 2.45) is 7.05 Å². The molecule has 0 aliphatic rings. The van der Waals surface area contributed by atoms with Gasteiger partial charge in [-0.15, -0.1) is 0 Å². The Hall–Kier alpha value is -5.63. The topological polar surface area (TPSA) is 84.6 Å². The van der Waals surface area contributed by atoms with E-state index in [1.807, 2.05) is 109 Å². The number of aromatic nitrogens is 3. The molecule has 6 rings (SSSR count). The molecule has 0 aliphatic carbocycles. The van der Waals surface area contributed by atoms with Crippen LogP contribution >= 0.6 is 0 Å². The smallest absolute Gasteiger partial charge is 0.333 e. The highest BCUT2D eigenvalue weighted by Crippen LogP contribution is 2.30. The summed E-state index contributed by atoms with van der Waals surface area (Å²) in [6, 6.07) is 37.0. The number of carbonyl (C=O) groups is 1. The number of nitrogens with zero attached hydrogens (tertiary/aromatic N) is 3. The summed E-state index contributed by atoms with van der Waals surface area (Å²) < 4.78 is 20.9. The van der Waals surface area contributed by atoms with Gasteiger partial charge in [0.15, 0.2) is 0 Å². The summed E-state index contributed by atoms with van der Waals surface area (Å²) in [6.45, 7) is 3.12. The van der Waals surface area contributed by atoms with Crippen molar-refractivity contribution in [1.82, 2.24) is 14.1 Å². The quantitative estimate of drug-likeness (QED) is 0.0978. The summed E-state index contributed by atoms with van der Waals surface area (Å²) in [4.78, 5) is 30.8. The minimum Gasteiger partial charge on any atom is -0.473 e. The van der Waals surface area contributed by atoms with Gasteiger partial charge in [-0.1, -0.05) is 104 Å². The maximum absolute atomic E-state index is 13.8. The summed E-state index contributed by atoms with van der Waals surface area (Å²) in [5, 5.41) is 0. The SMILES string of the molecule is CCCCOC(=O)Cc1cccc(-c2ccc3c(c2)n(C)c(=O)n3-c2ccc(OCc3ccccc3)nc2OCc2ccccc2)c1. The van der Waals surface area contributed by atoms with Crippen molar-refractivity contribution in [3.05, 3.63) is 142 Å². The van der Waals surface area contributed by atoms with E-state index in [9.17, 15) is 9.59 Å². The Balaban J connectivity index is 1.32. The Morgan fingerprint density at radius 1 is 0.723 bits per heavy atom. The molecule has 4 aromatic carbocycles. The largest absolute Gasteiger partial charge is 0.473 e. The van der Waals surface area contributed by atoms with Crippen molar-refractivity contribution in [2.75, 3.05) is 6.61 Å². The fourth-order valence-electron chi connectivity index (χ4n) is 5.39. The van der Waals surface area contributed by atoms with Crippen molar-refractivity contribution < 1.29 is 19.0 Å². The number of fused-ring (bicyclic) bond motifs is 1. The van der Waals surface area contributed by atoms with Gasteiger partial charge < -0.3 is 14.2 Å². The van der Waals surface area contributed by atoms with E-state index in [4.69, 9.17) is 19.2 Å². The van der Waals surface area contributed by atoms with Crippen LogP contribution < -0.4 is 15.2 Å². The number of aryl methyl sites for hydroxylation is 1. The summed E-state index contributed by atoms with van der Waals surface area (Å²) in [7, 11) is 1.75. The molecule has 238 valence electrons. The van der Waals surface area contributed by atoms with Crippen molar-refractivity contribution >= 4 is 17.0 Å². The van der Waals surface area contributed by atoms with Crippen LogP contribution in [-0.4, -0.2) is 26.7 Å². The Morgan fingerprint density at radius 2 is 1.40 bits per heavy atom. The van der Waals surface area contributed by atoms with Crippen molar-refractivity contribution in [1.29, 1.82) is 0 Å². The van der Waals surface area contributed by atoms with Crippen LogP contribution in [0, 0.1) is 0 Å². The van der Waals surface area contributed by atoms with Gasteiger partial charge in [-0.2, -0.15) is 4.98 Å². The van der Waals surface area contributed by atoms with Gasteiger partial charge in [0.1, 0.15) is 18.9 Å². The summed E-state index contributed by atoms with van der Waals surface area (Å²) in [5.41, 5.74) is 6.47. The number of carbonyl (C=O) groups excluding carboxylic acids is 1. The first-order chi connectivity index (χ1) is 23.0. The van der Waals surface area contributed by atoms with Gasteiger partial charge in [-0.25, -0.2) is 4.79 Å². The number of hydrogen-bond donors (Lipinski definition) is 0.